The largest absolute Gasteiger partial charge is 0.472 e. The molecule has 0 saturated heterocycles. The number of esters is 4. The van der Waals surface area contributed by atoms with Gasteiger partial charge in [0.25, 0.3) is 0 Å². The number of carbonyl (C=O) groups excluding carboxylic acids is 4. The molecule has 0 aromatic carbocycles. The van der Waals surface area contributed by atoms with Gasteiger partial charge in [-0.15, -0.1) is 0 Å². The van der Waals surface area contributed by atoms with Crippen LogP contribution in [0.3, 0.4) is 0 Å². The molecule has 0 amide bonds. The molecule has 0 aliphatic rings. The van der Waals surface area contributed by atoms with Crippen LogP contribution in [0.15, 0.2) is 109 Å². The number of phosphoric ester groups is 2. The number of allylic oxidation sites excluding steroid dienone is 18. The van der Waals surface area contributed by atoms with Crippen molar-refractivity contribution in [1.29, 1.82) is 0 Å². The van der Waals surface area contributed by atoms with Crippen molar-refractivity contribution in [2.24, 2.45) is 0 Å². The van der Waals surface area contributed by atoms with Crippen molar-refractivity contribution >= 4 is 39.5 Å². The number of hydrogen-bond acceptors (Lipinski definition) is 15. The van der Waals surface area contributed by atoms with E-state index >= 15 is 0 Å². The summed E-state index contributed by atoms with van der Waals surface area (Å²) in [5.74, 6) is -2.28. The van der Waals surface area contributed by atoms with Crippen LogP contribution in [0.5, 0.6) is 0 Å². The van der Waals surface area contributed by atoms with Gasteiger partial charge in [-0.1, -0.05) is 278 Å². The third kappa shape index (κ3) is 74.0. The molecule has 0 fully saturated rings. The number of phosphoric acid groups is 2. The van der Waals surface area contributed by atoms with Crippen LogP contribution in [0.1, 0.15) is 336 Å². The van der Waals surface area contributed by atoms with E-state index in [-0.39, 0.29) is 25.7 Å². The molecule has 2 unspecified atom stereocenters. The normalized spacial score (nSPS) is 14.5. The van der Waals surface area contributed by atoms with E-state index in [4.69, 9.17) is 37.0 Å². The SMILES string of the molecule is CC/C=C\C/C=C\C/C=C\C/C=C\C/C=C\C/C=C\CCC(=O)OC[C@H](COP(=O)(O)OC[C@@H](O)COP(=O)(O)OC[C@@H](COC(=O)CCCCCCC/C=C\CCCCCC)OC(=O)CCCCCCCCC/C=C\CCCCCC)OC(=O)CCCCCCCCC/C=C\CCCCCC. The second-order valence-corrected chi connectivity index (χ2v) is 29.5. The molecule has 0 rings (SSSR count). The number of aliphatic hydroxyl groups is 1. The number of unbranched alkanes of at least 4 members (excludes halogenated alkanes) is 31. The summed E-state index contributed by atoms with van der Waals surface area (Å²) < 4.78 is 68.5. The van der Waals surface area contributed by atoms with E-state index in [1.807, 2.05) is 18.2 Å². The summed E-state index contributed by atoms with van der Waals surface area (Å²) in [4.78, 5) is 73.0. The highest BCUT2D eigenvalue weighted by molar-refractivity contribution is 7.47. The Kier molecular flexibility index (Phi) is 71.8. The summed E-state index contributed by atoms with van der Waals surface area (Å²) in [7, 11) is -9.98. The lowest BCUT2D eigenvalue weighted by Gasteiger charge is -2.21. The average Bonchev–Trinajstić information content (AvgIpc) is 0.920. The van der Waals surface area contributed by atoms with Crippen molar-refractivity contribution in [2.45, 2.75) is 354 Å². The van der Waals surface area contributed by atoms with Crippen LogP contribution in [-0.4, -0.2) is 96.7 Å². The molecule has 0 saturated carbocycles. The van der Waals surface area contributed by atoms with Crippen LogP contribution >= 0.6 is 15.6 Å². The Bertz CT molecular complexity index is 2360. The van der Waals surface area contributed by atoms with E-state index in [2.05, 4.69) is 119 Å². The molecular formula is C83H144O17P2. The lowest BCUT2D eigenvalue weighted by atomic mass is 10.1. The van der Waals surface area contributed by atoms with Gasteiger partial charge < -0.3 is 33.8 Å². The summed E-state index contributed by atoms with van der Waals surface area (Å²) in [5, 5.41) is 10.6. The Balaban J connectivity index is 5.42. The van der Waals surface area contributed by atoms with Crippen LogP contribution in [0.25, 0.3) is 0 Å². The Morgan fingerprint density at radius 2 is 0.529 bits per heavy atom. The summed E-state index contributed by atoms with van der Waals surface area (Å²) in [5.41, 5.74) is 0. The maximum Gasteiger partial charge on any atom is 0.472 e. The quantitative estimate of drug-likeness (QED) is 0.0169. The third-order valence-electron chi connectivity index (χ3n) is 16.7. The molecule has 5 atom stereocenters. The van der Waals surface area contributed by atoms with Gasteiger partial charge in [-0.05, 0) is 141 Å². The van der Waals surface area contributed by atoms with E-state index in [0.717, 1.165) is 173 Å². The molecule has 0 aliphatic carbocycles. The summed E-state index contributed by atoms with van der Waals surface area (Å²) in [6, 6.07) is 0. The topological polar surface area (TPSA) is 237 Å². The number of carbonyl (C=O) groups is 4. The fraction of sp³-hybridized carbons (Fsp3) is 0.735. The van der Waals surface area contributed by atoms with Gasteiger partial charge in [0.2, 0.25) is 0 Å². The van der Waals surface area contributed by atoms with E-state index in [1.54, 1.807) is 0 Å². The van der Waals surface area contributed by atoms with Gasteiger partial charge in [0.05, 0.1) is 26.4 Å². The second-order valence-electron chi connectivity index (χ2n) is 26.6. The Hall–Kier alpha value is -4.28. The van der Waals surface area contributed by atoms with Gasteiger partial charge >= 0.3 is 39.5 Å². The van der Waals surface area contributed by atoms with Gasteiger partial charge in [0, 0.05) is 25.7 Å². The van der Waals surface area contributed by atoms with Crippen LogP contribution in [0.2, 0.25) is 0 Å². The van der Waals surface area contributed by atoms with Gasteiger partial charge in [-0.25, -0.2) is 9.13 Å². The highest BCUT2D eigenvalue weighted by atomic mass is 31.2. The fourth-order valence-corrected chi connectivity index (χ4v) is 12.2. The smallest absolute Gasteiger partial charge is 0.462 e. The summed E-state index contributed by atoms with van der Waals surface area (Å²) in [6.45, 7) is 4.65. The molecular weight excluding hydrogens is 1330 g/mol. The molecule has 0 heterocycles. The predicted molar refractivity (Wildman–Crippen MR) is 418 cm³/mol. The van der Waals surface area contributed by atoms with Crippen molar-refractivity contribution in [1.82, 2.24) is 0 Å². The lowest BCUT2D eigenvalue weighted by Crippen LogP contribution is -2.30. The molecule has 19 heteroatoms. The zero-order valence-electron chi connectivity index (χ0n) is 64.3. The average molecular weight is 1480 g/mol. The third-order valence-corrected chi connectivity index (χ3v) is 18.6. The molecule has 17 nitrogen and oxygen atoms in total. The van der Waals surface area contributed by atoms with Crippen molar-refractivity contribution in [2.75, 3.05) is 39.6 Å². The van der Waals surface area contributed by atoms with Crippen molar-refractivity contribution in [3.8, 4) is 0 Å². The van der Waals surface area contributed by atoms with E-state index in [0.29, 0.717) is 32.1 Å². The van der Waals surface area contributed by atoms with E-state index < -0.39 is 97.5 Å². The molecule has 0 aromatic rings. The number of ether oxygens (including phenoxy) is 4. The minimum atomic E-state index is -4.99. The number of aliphatic hydroxyl groups excluding tert-OH is 1. The maximum absolute atomic E-state index is 13.1. The van der Waals surface area contributed by atoms with Gasteiger partial charge in [0.15, 0.2) is 12.2 Å². The van der Waals surface area contributed by atoms with Crippen molar-refractivity contribution in [3.05, 3.63) is 109 Å². The highest BCUT2D eigenvalue weighted by Gasteiger charge is 2.30. The minimum Gasteiger partial charge on any atom is -0.462 e. The maximum atomic E-state index is 13.1. The minimum absolute atomic E-state index is 0.0349. The summed E-state index contributed by atoms with van der Waals surface area (Å²) >= 11 is 0. The Morgan fingerprint density at radius 1 is 0.284 bits per heavy atom. The van der Waals surface area contributed by atoms with Crippen molar-refractivity contribution < 1.29 is 80.2 Å². The van der Waals surface area contributed by atoms with E-state index in [9.17, 15) is 43.2 Å². The first-order valence-corrected chi connectivity index (χ1v) is 43.1. The first kappa shape index (κ1) is 97.7. The number of hydrogen-bond donors (Lipinski definition) is 3. The Labute approximate surface area is 619 Å². The van der Waals surface area contributed by atoms with Gasteiger partial charge in [0.1, 0.15) is 19.3 Å². The molecule has 0 bridgehead atoms. The molecule has 0 aliphatic heterocycles. The van der Waals surface area contributed by atoms with Crippen LogP contribution < -0.4 is 0 Å². The molecule has 588 valence electrons. The first-order valence-electron chi connectivity index (χ1n) is 40.1. The van der Waals surface area contributed by atoms with Crippen LogP contribution in [-0.2, 0) is 65.4 Å². The molecule has 0 aromatic heterocycles. The molecule has 102 heavy (non-hydrogen) atoms. The molecule has 0 radical (unpaired) electrons. The lowest BCUT2D eigenvalue weighted by molar-refractivity contribution is -0.161. The van der Waals surface area contributed by atoms with Crippen LogP contribution in [0, 0.1) is 0 Å². The van der Waals surface area contributed by atoms with Gasteiger partial charge in [-0.3, -0.25) is 37.3 Å². The van der Waals surface area contributed by atoms with Crippen molar-refractivity contribution in [3.63, 3.8) is 0 Å². The first-order chi connectivity index (χ1) is 49.7. The van der Waals surface area contributed by atoms with Crippen LogP contribution in [0.4, 0.5) is 0 Å². The van der Waals surface area contributed by atoms with Gasteiger partial charge in [-0.2, -0.15) is 0 Å². The zero-order chi connectivity index (χ0) is 74.6. The summed E-state index contributed by atoms with van der Waals surface area (Å²) in [6.07, 6.45) is 80.8. The number of rotatable bonds is 75. The molecule has 0 spiro atoms. The van der Waals surface area contributed by atoms with E-state index in [1.165, 1.54) is 77.0 Å². The zero-order valence-corrected chi connectivity index (χ0v) is 66.0. The predicted octanol–water partition coefficient (Wildman–Crippen LogP) is 23.3. The Morgan fingerprint density at radius 3 is 0.843 bits per heavy atom. The highest BCUT2D eigenvalue weighted by Crippen LogP contribution is 2.45. The standard InChI is InChI=1S/C83H144O17P2/c1-5-9-13-17-21-25-29-33-36-37-38-39-42-44-48-52-56-60-64-68-81(86)94-74-79(100-83(88)70-66-62-58-54-50-46-41-35-31-27-23-19-15-11-7-3)76-98-102(91,92)96-72-77(84)71-95-101(89,90)97-75-78(73-93-80(85)67-63-59-55-51-47-43-32-28-24-20-16-12-8-4)99-82(87)69-65-61-57-53-49-45-40-34-30-26-22-18-14-10-6-2/h9,13,21,25-28,30-33,36,38-39,44,48,56,60,77-79,84H,5-8,10-12,14-20,22-24,29,34-35,37,40-43,45-47,49-55,57-59,61-76H2,1-4H3,(H,89,90)(H,91,92)/b13-9-,25-21-,30-26-,31-27-,32-28-,36-33-,39-38-,48-44-,60-56-/t77-,78+,79+/m0/s1. The fourth-order valence-electron chi connectivity index (χ4n) is 10.6. The molecule has 3 N–H and O–H groups in total. The second kappa shape index (κ2) is 75.0. The monoisotopic (exact) mass is 1470 g/mol.